The zero-order valence-corrected chi connectivity index (χ0v) is 11.5. The third-order valence-electron chi connectivity index (χ3n) is 2.98. The van der Waals surface area contributed by atoms with Crippen LogP contribution < -0.4 is 5.69 Å². The lowest BCUT2D eigenvalue weighted by Gasteiger charge is -2.11. The molecule has 0 aliphatic heterocycles. The molecule has 0 bridgehead atoms. The van der Waals surface area contributed by atoms with Crippen molar-refractivity contribution in [2.24, 2.45) is 0 Å². The highest BCUT2D eigenvalue weighted by Crippen LogP contribution is 2.33. The van der Waals surface area contributed by atoms with Crippen molar-refractivity contribution in [2.75, 3.05) is 0 Å². The second-order valence-corrected chi connectivity index (χ2v) is 4.77. The van der Waals surface area contributed by atoms with Crippen LogP contribution in [0.1, 0.15) is 24.2 Å². The third-order valence-corrected chi connectivity index (χ3v) is 2.98. The lowest BCUT2D eigenvalue weighted by Crippen LogP contribution is -2.20. The van der Waals surface area contributed by atoms with Crippen LogP contribution in [0.2, 0.25) is 0 Å². The summed E-state index contributed by atoms with van der Waals surface area (Å²) in [5.41, 5.74) is -2.48. The van der Waals surface area contributed by atoms with Crippen molar-refractivity contribution in [3.8, 4) is 5.69 Å². The van der Waals surface area contributed by atoms with Gasteiger partial charge in [-0.1, -0.05) is 12.1 Å². The number of benzene rings is 1. The molecule has 0 fully saturated rings. The zero-order valence-electron chi connectivity index (χ0n) is 11.5. The van der Waals surface area contributed by atoms with E-state index in [-0.39, 0.29) is 18.7 Å². The lowest BCUT2D eigenvalue weighted by atomic mass is 10.2. The van der Waals surface area contributed by atoms with Gasteiger partial charge in [0.15, 0.2) is 0 Å². The topological polar surface area (TPSA) is 50.7 Å². The highest BCUT2D eigenvalue weighted by molar-refractivity contribution is 5.41. The van der Waals surface area contributed by atoms with Gasteiger partial charge in [0.25, 0.3) is 0 Å². The van der Waals surface area contributed by atoms with E-state index in [0.717, 1.165) is 18.2 Å². The van der Waals surface area contributed by atoms with Gasteiger partial charge in [0.1, 0.15) is 5.82 Å². The number of hydrogen-bond donors (Lipinski definition) is 1. The molecule has 2 rings (SSSR count). The number of aromatic nitrogens is 3. The summed E-state index contributed by atoms with van der Waals surface area (Å²) in [5.74, 6) is -0.101. The molecule has 0 aliphatic carbocycles. The van der Waals surface area contributed by atoms with Crippen molar-refractivity contribution < 1.29 is 26.3 Å². The number of aromatic amines is 1. The second-order valence-electron chi connectivity index (χ2n) is 4.77. The summed E-state index contributed by atoms with van der Waals surface area (Å²) in [4.78, 5) is 13.9. The molecule has 0 amide bonds. The van der Waals surface area contributed by atoms with Crippen LogP contribution in [0.25, 0.3) is 5.69 Å². The Hall–Kier alpha value is -2.26. The third kappa shape index (κ3) is 4.36. The van der Waals surface area contributed by atoms with E-state index >= 15 is 0 Å². The minimum Gasteiger partial charge on any atom is -0.292 e. The molecule has 0 atom stereocenters. The molecule has 126 valence electrons. The lowest BCUT2D eigenvalue weighted by molar-refractivity contribution is -0.137. The van der Waals surface area contributed by atoms with Gasteiger partial charge in [0.2, 0.25) is 0 Å². The summed E-state index contributed by atoms with van der Waals surface area (Å²) >= 11 is 0. The van der Waals surface area contributed by atoms with Crippen LogP contribution in [0.15, 0.2) is 29.1 Å². The Bertz CT molecular complexity index is 728. The SMILES string of the molecule is O=c1[nH]c(CCCC(F)(F)F)nn1-c1ccccc1C(F)(F)F. The molecule has 1 N–H and O–H groups in total. The van der Waals surface area contributed by atoms with Crippen molar-refractivity contribution in [3.05, 3.63) is 46.1 Å². The fourth-order valence-electron chi connectivity index (χ4n) is 2.00. The average Bonchev–Trinajstić information content (AvgIpc) is 2.77. The van der Waals surface area contributed by atoms with Gasteiger partial charge in [-0.15, -0.1) is 0 Å². The predicted molar refractivity (Wildman–Crippen MR) is 68.2 cm³/mol. The number of rotatable bonds is 4. The Balaban J connectivity index is 2.28. The van der Waals surface area contributed by atoms with Crippen molar-refractivity contribution in [2.45, 2.75) is 31.6 Å². The highest BCUT2D eigenvalue weighted by Gasteiger charge is 2.34. The number of nitrogens with zero attached hydrogens (tertiary/aromatic N) is 2. The van der Waals surface area contributed by atoms with Crippen molar-refractivity contribution >= 4 is 0 Å². The quantitative estimate of drug-likeness (QED) is 0.868. The van der Waals surface area contributed by atoms with Crippen molar-refractivity contribution in [3.63, 3.8) is 0 Å². The summed E-state index contributed by atoms with van der Waals surface area (Å²) in [6.07, 6.45) is -10.6. The summed E-state index contributed by atoms with van der Waals surface area (Å²) in [5, 5.41) is 3.66. The highest BCUT2D eigenvalue weighted by atomic mass is 19.4. The van der Waals surface area contributed by atoms with E-state index in [1.54, 1.807) is 0 Å². The minimum absolute atomic E-state index is 0.101. The largest absolute Gasteiger partial charge is 0.418 e. The molecular weight excluding hydrogens is 328 g/mol. The van der Waals surface area contributed by atoms with E-state index in [9.17, 15) is 31.1 Å². The second kappa shape index (κ2) is 6.09. The molecule has 0 saturated carbocycles. The molecule has 10 heteroatoms. The van der Waals surface area contributed by atoms with E-state index < -0.39 is 35.7 Å². The smallest absolute Gasteiger partial charge is 0.292 e. The van der Waals surface area contributed by atoms with Crippen LogP contribution in [0.5, 0.6) is 0 Å². The zero-order chi connectivity index (χ0) is 17.3. The van der Waals surface area contributed by atoms with Gasteiger partial charge in [-0.3, -0.25) is 4.98 Å². The summed E-state index contributed by atoms with van der Waals surface area (Å²) in [6, 6.07) is 4.31. The first-order valence-electron chi connectivity index (χ1n) is 6.49. The number of aryl methyl sites for hydroxylation is 1. The van der Waals surface area contributed by atoms with Crippen LogP contribution >= 0.6 is 0 Å². The first-order valence-corrected chi connectivity index (χ1v) is 6.49. The molecule has 1 aromatic carbocycles. The van der Waals surface area contributed by atoms with Crippen LogP contribution in [0.3, 0.4) is 0 Å². The number of halogens is 6. The van der Waals surface area contributed by atoms with Gasteiger partial charge >= 0.3 is 18.0 Å². The first-order chi connectivity index (χ1) is 10.6. The molecule has 0 aliphatic rings. The molecule has 23 heavy (non-hydrogen) atoms. The van der Waals surface area contributed by atoms with Crippen LogP contribution in [-0.2, 0) is 12.6 Å². The monoisotopic (exact) mass is 339 g/mol. The number of para-hydroxylation sites is 1. The molecular formula is C13H11F6N3O. The van der Waals surface area contributed by atoms with Gasteiger partial charge in [-0.05, 0) is 18.6 Å². The maximum absolute atomic E-state index is 12.9. The summed E-state index contributed by atoms with van der Waals surface area (Å²) in [7, 11) is 0. The normalized spacial score (nSPS) is 12.6. The van der Waals surface area contributed by atoms with Crippen LogP contribution in [0, 0.1) is 0 Å². The van der Waals surface area contributed by atoms with E-state index in [1.807, 2.05) is 0 Å². The average molecular weight is 339 g/mol. The van der Waals surface area contributed by atoms with Crippen LogP contribution in [0.4, 0.5) is 26.3 Å². The molecule has 4 nitrogen and oxygen atoms in total. The molecule has 0 saturated heterocycles. The van der Waals surface area contributed by atoms with Gasteiger partial charge < -0.3 is 0 Å². The fourth-order valence-corrected chi connectivity index (χ4v) is 2.00. The standard InChI is InChI=1S/C13H11F6N3O/c14-12(15,16)7-3-6-10-20-11(23)22(21-10)9-5-2-1-4-8(9)13(17,18)19/h1-2,4-5H,3,6-7H2,(H,20,21,23). The van der Waals surface area contributed by atoms with Crippen molar-refractivity contribution in [1.29, 1.82) is 0 Å². The van der Waals surface area contributed by atoms with E-state index in [4.69, 9.17) is 0 Å². The summed E-state index contributed by atoms with van der Waals surface area (Å²) < 4.78 is 75.5. The Morgan fingerprint density at radius 1 is 1.09 bits per heavy atom. The fraction of sp³-hybridized carbons (Fsp3) is 0.385. The van der Waals surface area contributed by atoms with E-state index in [0.29, 0.717) is 4.68 Å². The Kier molecular flexibility index (Phi) is 4.53. The van der Waals surface area contributed by atoms with Crippen molar-refractivity contribution in [1.82, 2.24) is 14.8 Å². The Morgan fingerprint density at radius 2 is 1.74 bits per heavy atom. The molecule has 0 unspecified atom stereocenters. The Morgan fingerprint density at radius 3 is 2.35 bits per heavy atom. The number of H-pyrrole nitrogens is 1. The van der Waals surface area contributed by atoms with E-state index in [1.165, 1.54) is 6.07 Å². The molecule has 0 radical (unpaired) electrons. The molecule has 1 aromatic heterocycles. The van der Waals surface area contributed by atoms with Crippen LogP contribution in [-0.4, -0.2) is 20.9 Å². The summed E-state index contributed by atoms with van der Waals surface area (Å²) in [6.45, 7) is 0. The maximum Gasteiger partial charge on any atom is 0.418 e. The van der Waals surface area contributed by atoms with Gasteiger partial charge in [-0.2, -0.15) is 36.1 Å². The minimum atomic E-state index is -4.69. The number of alkyl halides is 6. The van der Waals surface area contributed by atoms with Gasteiger partial charge in [0, 0.05) is 12.8 Å². The predicted octanol–water partition coefficient (Wildman–Crippen LogP) is 3.46. The number of nitrogens with one attached hydrogen (secondary N) is 1. The molecule has 1 heterocycles. The Labute approximate surface area is 125 Å². The molecule has 2 aromatic rings. The molecule has 0 spiro atoms. The van der Waals surface area contributed by atoms with Gasteiger partial charge in [-0.25, -0.2) is 4.79 Å². The van der Waals surface area contributed by atoms with E-state index in [2.05, 4.69) is 10.1 Å². The first kappa shape index (κ1) is 17.1. The van der Waals surface area contributed by atoms with Gasteiger partial charge in [0.05, 0.1) is 11.3 Å². The maximum atomic E-state index is 12.9. The number of hydrogen-bond acceptors (Lipinski definition) is 2.